The first-order valence-electron chi connectivity index (χ1n) is 2.65. The Hall–Kier alpha value is -0.450. The average Bonchev–Trinajstić information content (AvgIpc) is 2.12. The Morgan fingerprint density at radius 3 is 1.89 bits per heavy atom. The number of rotatable bonds is 1. The molecule has 0 atom stereocenters. The quantitative estimate of drug-likeness (QED) is 0.548. The number of hydrogen-bond acceptors (Lipinski definition) is 5. The van der Waals surface area contributed by atoms with Gasteiger partial charge in [0, 0.05) is 14.1 Å². The fourth-order valence-electron chi connectivity index (χ4n) is 0.761. The summed E-state index contributed by atoms with van der Waals surface area (Å²) in [6.45, 7) is 0. The van der Waals surface area contributed by atoms with Crippen LogP contribution in [0.4, 0.5) is 0 Å². The van der Waals surface area contributed by atoms with E-state index in [9.17, 15) is 0 Å². The van der Waals surface area contributed by atoms with Crippen LogP contribution in [0.15, 0.2) is 10.4 Å². The van der Waals surface area contributed by atoms with Crippen LogP contribution >= 0.6 is 11.8 Å². The maximum Gasteiger partial charge on any atom is 0.183 e. The molecule has 0 unspecified atom stereocenters. The van der Waals surface area contributed by atoms with Gasteiger partial charge in [-0.05, 0) is 6.26 Å². The molecule has 0 aromatic heterocycles. The van der Waals surface area contributed by atoms with E-state index in [1.807, 2.05) is 30.4 Å². The highest BCUT2D eigenvalue weighted by atomic mass is 32.2. The molecule has 0 aliphatic carbocycles. The van der Waals surface area contributed by atoms with Crippen molar-refractivity contribution in [1.82, 2.24) is 10.0 Å². The van der Waals surface area contributed by atoms with Gasteiger partial charge < -0.3 is 0 Å². The molecule has 5 heteroatoms. The second-order valence-corrected chi connectivity index (χ2v) is 2.78. The summed E-state index contributed by atoms with van der Waals surface area (Å²) in [5, 5.41) is 11.3. The lowest BCUT2D eigenvalue weighted by Crippen LogP contribution is -2.30. The zero-order chi connectivity index (χ0) is 6.85. The molecule has 9 heavy (non-hydrogen) atoms. The molecular weight excluding hydrogens is 136 g/mol. The largest absolute Gasteiger partial charge is 0.247 e. The van der Waals surface area contributed by atoms with Crippen LogP contribution in [0, 0.1) is 0 Å². The van der Waals surface area contributed by atoms with Crippen molar-refractivity contribution >= 4 is 11.8 Å². The van der Waals surface area contributed by atoms with Crippen LogP contribution in [0.3, 0.4) is 0 Å². The highest BCUT2D eigenvalue weighted by Gasteiger charge is 2.21. The maximum absolute atomic E-state index is 3.83. The van der Waals surface area contributed by atoms with Crippen molar-refractivity contribution in [3.05, 3.63) is 0 Å². The Kier molecular flexibility index (Phi) is 1.80. The number of thioether (sulfide) groups is 1. The summed E-state index contributed by atoms with van der Waals surface area (Å²) in [6.07, 6.45) is 2.04. The van der Waals surface area contributed by atoms with Gasteiger partial charge in [0.05, 0.1) is 0 Å². The molecule has 0 saturated heterocycles. The summed E-state index contributed by atoms with van der Waals surface area (Å²) in [7, 11) is 3.82. The van der Waals surface area contributed by atoms with Gasteiger partial charge in [-0.15, -0.1) is 11.8 Å². The molecule has 1 rings (SSSR count). The summed E-state index contributed by atoms with van der Waals surface area (Å²) in [6, 6.07) is 0. The Bertz CT molecular complexity index is 114. The minimum atomic E-state index is 0.282. The molecule has 1 aliphatic heterocycles. The second-order valence-electron chi connectivity index (χ2n) is 1.89. The molecule has 0 fully saturated rings. The van der Waals surface area contributed by atoms with Crippen molar-refractivity contribution in [1.29, 1.82) is 0 Å². The van der Waals surface area contributed by atoms with Gasteiger partial charge in [-0.25, -0.2) is 10.0 Å². The Balaban J connectivity index is 2.53. The highest BCUT2D eigenvalue weighted by molar-refractivity contribution is 7.99. The predicted octanol–water partition coefficient (Wildman–Crippen LogP) is 0.792. The van der Waals surface area contributed by atoms with Gasteiger partial charge in [0.1, 0.15) is 0 Å². The first kappa shape index (κ1) is 6.67. The minimum absolute atomic E-state index is 0.282. The monoisotopic (exact) mass is 146 g/mol. The van der Waals surface area contributed by atoms with Gasteiger partial charge in [-0.2, -0.15) is 0 Å². The topological polar surface area (TPSA) is 31.2 Å². The average molecular weight is 146 g/mol. The van der Waals surface area contributed by atoms with Crippen LogP contribution < -0.4 is 0 Å². The van der Waals surface area contributed by atoms with E-state index in [-0.39, 0.29) is 5.50 Å². The maximum atomic E-state index is 3.83. The SMILES string of the molecule is CSC1N(C)N=NN1C. The summed E-state index contributed by atoms with van der Waals surface area (Å²) >= 11 is 1.71. The zero-order valence-corrected chi connectivity index (χ0v) is 6.59. The van der Waals surface area contributed by atoms with Crippen molar-refractivity contribution in [2.45, 2.75) is 5.50 Å². The van der Waals surface area contributed by atoms with E-state index >= 15 is 0 Å². The van der Waals surface area contributed by atoms with Crippen molar-refractivity contribution in [2.75, 3.05) is 20.4 Å². The van der Waals surface area contributed by atoms with Crippen LogP contribution in [0.2, 0.25) is 0 Å². The Morgan fingerprint density at radius 1 is 1.22 bits per heavy atom. The van der Waals surface area contributed by atoms with Crippen LogP contribution in [-0.4, -0.2) is 35.9 Å². The fourth-order valence-corrected chi connectivity index (χ4v) is 1.46. The third kappa shape index (κ3) is 1.10. The van der Waals surface area contributed by atoms with Gasteiger partial charge in [-0.1, -0.05) is 10.4 Å². The first-order valence-corrected chi connectivity index (χ1v) is 3.94. The van der Waals surface area contributed by atoms with E-state index < -0.39 is 0 Å². The molecule has 0 aromatic rings. The van der Waals surface area contributed by atoms with Crippen molar-refractivity contribution in [3.8, 4) is 0 Å². The Labute approximate surface area is 58.9 Å². The standard InChI is InChI=1S/C4H10N4S/c1-7-4(9-3)8(2)6-5-7/h4H,1-3H3. The lowest BCUT2D eigenvalue weighted by Gasteiger charge is -2.19. The number of hydrogen-bond donors (Lipinski definition) is 0. The van der Waals surface area contributed by atoms with Crippen molar-refractivity contribution in [3.63, 3.8) is 0 Å². The lowest BCUT2D eigenvalue weighted by molar-refractivity contribution is 0.243. The predicted molar refractivity (Wildman–Crippen MR) is 37.7 cm³/mol. The molecule has 1 heterocycles. The normalized spacial score (nSPS) is 19.9. The van der Waals surface area contributed by atoms with E-state index in [0.29, 0.717) is 0 Å². The molecule has 0 aromatic carbocycles. The molecule has 52 valence electrons. The van der Waals surface area contributed by atoms with Crippen LogP contribution in [0.1, 0.15) is 0 Å². The van der Waals surface area contributed by atoms with Gasteiger partial charge in [0.25, 0.3) is 0 Å². The Morgan fingerprint density at radius 2 is 1.67 bits per heavy atom. The van der Waals surface area contributed by atoms with E-state index in [1.54, 1.807) is 11.8 Å². The molecule has 0 amide bonds. The van der Waals surface area contributed by atoms with Gasteiger partial charge >= 0.3 is 0 Å². The summed E-state index contributed by atoms with van der Waals surface area (Å²) in [5.74, 6) is 0. The molecular formula is C4H10N4S. The summed E-state index contributed by atoms with van der Waals surface area (Å²) < 4.78 is 0. The van der Waals surface area contributed by atoms with Crippen LogP contribution in [-0.2, 0) is 0 Å². The van der Waals surface area contributed by atoms with E-state index in [0.717, 1.165) is 0 Å². The van der Waals surface area contributed by atoms with Gasteiger partial charge in [0.15, 0.2) is 5.50 Å². The number of nitrogens with zero attached hydrogens (tertiary/aromatic N) is 4. The van der Waals surface area contributed by atoms with E-state index in [2.05, 4.69) is 10.4 Å². The van der Waals surface area contributed by atoms with Crippen molar-refractivity contribution < 1.29 is 0 Å². The molecule has 0 bridgehead atoms. The molecule has 0 spiro atoms. The summed E-state index contributed by atoms with van der Waals surface area (Å²) in [5.41, 5.74) is 0.282. The minimum Gasteiger partial charge on any atom is -0.247 e. The van der Waals surface area contributed by atoms with Gasteiger partial charge in [0.2, 0.25) is 0 Å². The first-order chi connectivity index (χ1) is 4.25. The third-order valence-corrected chi connectivity index (χ3v) is 2.20. The molecule has 4 nitrogen and oxygen atoms in total. The van der Waals surface area contributed by atoms with Gasteiger partial charge in [-0.3, -0.25) is 0 Å². The second kappa shape index (κ2) is 2.43. The van der Waals surface area contributed by atoms with E-state index in [4.69, 9.17) is 0 Å². The summed E-state index contributed by atoms with van der Waals surface area (Å²) in [4.78, 5) is 0. The molecule has 1 aliphatic rings. The molecule has 0 N–H and O–H groups in total. The smallest absolute Gasteiger partial charge is 0.183 e. The molecule has 0 saturated carbocycles. The third-order valence-electron chi connectivity index (χ3n) is 1.17. The van der Waals surface area contributed by atoms with E-state index in [1.165, 1.54) is 0 Å². The molecule has 0 radical (unpaired) electrons. The highest BCUT2D eigenvalue weighted by Crippen LogP contribution is 2.20. The van der Waals surface area contributed by atoms with Crippen LogP contribution in [0.25, 0.3) is 0 Å². The fraction of sp³-hybridized carbons (Fsp3) is 1.00. The van der Waals surface area contributed by atoms with Crippen LogP contribution in [0.5, 0.6) is 0 Å². The lowest BCUT2D eigenvalue weighted by atomic mass is 10.9. The van der Waals surface area contributed by atoms with Crippen molar-refractivity contribution in [2.24, 2.45) is 10.4 Å². The zero-order valence-electron chi connectivity index (χ0n) is 5.77.